The summed E-state index contributed by atoms with van der Waals surface area (Å²) in [5.74, 6) is 0. The van der Waals surface area contributed by atoms with Crippen molar-refractivity contribution >= 4 is 10.4 Å². The van der Waals surface area contributed by atoms with Crippen molar-refractivity contribution in [1.29, 1.82) is 5.26 Å². The molecule has 0 atom stereocenters. The standard InChI is InChI=1S/CHNO4S.K.H/c2-1-6-7(3,4)5;;/h(H,3,4,5);;/q;+1;-1. The second kappa shape index (κ2) is 4.69. The molecule has 0 unspecified atom stereocenters. The summed E-state index contributed by atoms with van der Waals surface area (Å²) in [6, 6.07) is 0. The Morgan fingerprint density at radius 2 is 2.12 bits per heavy atom. The molecule has 0 aromatic heterocycles. The number of nitrogens with zero attached hydrogens (tertiary/aromatic N) is 1. The predicted octanol–water partition coefficient (Wildman–Crippen LogP) is -3.60. The molecule has 0 aromatic carbocycles. The summed E-state index contributed by atoms with van der Waals surface area (Å²) >= 11 is 0. The Morgan fingerprint density at radius 3 is 2.12 bits per heavy atom. The minimum absolute atomic E-state index is 0. The first-order valence-electron chi connectivity index (χ1n) is 1.11. The number of hydrogen-bond donors (Lipinski definition) is 1. The first-order valence-corrected chi connectivity index (χ1v) is 2.48. The fraction of sp³-hybridized carbons (Fsp3) is 0. The molecule has 1 N–H and O–H groups in total. The molecule has 0 fully saturated rings. The monoisotopic (exact) mass is 163 g/mol. The van der Waals surface area contributed by atoms with Gasteiger partial charge in [-0.15, -0.1) is 5.26 Å². The van der Waals surface area contributed by atoms with E-state index < -0.39 is 10.4 Å². The zero-order valence-corrected chi connectivity index (χ0v) is 7.97. The van der Waals surface area contributed by atoms with Crippen LogP contribution in [0.15, 0.2) is 0 Å². The average molecular weight is 163 g/mol. The van der Waals surface area contributed by atoms with Gasteiger partial charge in [0.25, 0.3) is 0 Å². The van der Waals surface area contributed by atoms with E-state index in [9.17, 15) is 8.42 Å². The van der Waals surface area contributed by atoms with E-state index in [4.69, 9.17) is 9.81 Å². The minimum atomic E-state index is -4.54. The summed E-state index contributed by atoms with van der Waals surface area (Å²) in [5.41, 5.74) is 0. The summed E-state index contributed by atoms with van der Waals surface area (Å²) in [5, 5.41) is 7.39. The number of nitriles is 1. The van der Waals surface area contributed by atoms with Crippen LogP contribution >= 0.6 is 0 Å². The third kappa shape index (κ3) is 9.96. The van der Waals surface area contributed by atoms with Crippen molar-refractivity contribution in [3.8, 4) is 6.26 Å². The fourth-order valence-electron chi connectivity index (χ4n) is 0.0471. The zero-order valence-electron chi connectivity index (χ0n) is 5.03. The van der Waals surface area contributed by atoms with Gasteiger partial charge >= 0.3 is 68.0 Å². The van der Waals surface area contributed by atoms with Crippen molar-refractivity contribution < 1.29 is 70.0 Å². The first kappa shape index (κ1) is 11.6. The quantitative estimate of drug-likeness (QED) is 0.245. The molecule has 0 rings (SSSR count). The van der Waals surface area contributed by atoms with Gasteiger partial charge in [0.1, 0.15) is 0 Å². The van der Waals surface area contributed by atoms with Gasteiger partial charge in [0.2, 0.25) is 0 Å². The molecule has 8 heavy (non-hydrogen) atoms. The Balaban J connectivity index is -0.000000180. The Hall–Kier alpha value is 0.836. The molecule has 0 aromatic rings. The molecular weight excluding hydrogens is 161 g/mol. The van der Waals surface area contributed by atoms with Crippen LogP contribution in [0.4, 0.5) is 0 Å². The maximum Gasteiger partial charge on any atom is 1.00 e. The summed E-state index contributed by atoms with van der Waals surface area (Å²) in [6.45, 7) is 0. The molecule has 0 heterocycles. The van der Waals surface area contributed by atoms with Crippen LogP contribution < -0.4 is 51.4 Å². The molecule has 0 aliphatic heterocycles. The van der Waals surface area contributed by atoms with Gasteiger partial charge in [-0.25, -0.2) is 0 Å². The predicted molar refractivity (Wildman–Crippen MR) is 19.4 cm³/mol. The molecule has 42 valence electrons. The number of rotatable bonds is 1. The maximum atomic E-state index is 9.34. The smallest absolute Gasteiger partial charge is 1.00 e. The van der Waals surface area contributed by atoms with Crippen LogP contribution in [-0.2, 0) is 14.6 Å². The largest absolute Gasteiger partial charge is 1.00 e. The number of hydrogen-bond acceptors (Lipinski definition) is 4. The van der Waals surface area contributed by atoms with Crippen LogP contribution in [0.25, 0.3) is 0 Å². The summed E-state index contributed by atoms with van der Waals surface area (Å²) in [7, 11) is -4.54. The van der Waals surface area contributed by atoms with Gasteiger partial charge in [-0.1, -0.05) is 0 Å². The summed E-state index contributed by atoms with van der Waals surface area (Å²) < 4.78 is 29.3. The second-order valence-corrected chi connectivity index (χ2v) is 1.62. The van der Waals surface area contributed by atoms with Crippen LogP contribution in [-0.4, -0.2) is 13.0 Å². The van der Waals surface area contributed by atoms with Crippen molar-refractivity contribution in [3.63, 3.8) is 0 Å². The van der Waals surface area contributed by atoms with E-state index in [1.165, 1.54) is 0 Å². The zero-order chi connectivity index (χ0) is 5.91. The molecule has 0 aliphatic rings. The van der Waals surface area contributed by atoms with Crippen LogP contribution in [0.3, 0.4) is 0 Å². The van der Waals surface area contributed by atoms with Crippen molar-refractivity contribution in [3.05, 3.63) is 0 Å². The molecule has 0 spiro atoms. The topological polar surface area (TPSA) is 87.4 Å². The fourth-order valence-corrected chi connectivity index (χ4v) is 0.141. The van der Waals surface area contributed by atoms with E-state index in [-0.39, 0.29) is 52.8 Å². The van der Waals surface area contributed by atoms with Gasteiger partial charge in [0, 0.05) is 0 Å². The maximum absolute atomic E-state index is 9.34. The normalized spacial score (nSPS) is 8.50. The van der Waals surface area contributed by atoms with Crippen LogP contribution in [0.2, 0.25) is 0 Å². The molecule has 0 saturated heterocycles. The van der Waals surface area contributed by atoms with E-state index in [2.05, 4.69) is 4.18 Å². The molecule has 0 aliphatic carbocycles. The molecule has 0 bridgehead atoms. The third-order valence-corrected chi connectivity index (χ3v) is 0.428. The Labute approximate surface area is 90.5 Å². The molecule has 0 amide bonds. The van der Waals surface area contributed by atoms with Crippen molar-refractivity contribution in [1.82, 2.24) is 0 Å². The van der Waals surface area contributed by atoms with Crippen LogP contribution in [0.1, 0.15) is 1.43 Å². The molecule has 7 heteroatoms. The Morgan fingerprint density at radius 1 is 1.75 bits per heavy atom. The van der Waals surface area contributed by atoms with E-state index in [0.717, 1.165) is 6.26 Å². The van der Waals surface area contributed by atoms with Crippen molar-refractivity contribution in [2.24, 2.45) is 0 Å². The Bertz CT molecular complexity index is 181. The van der Waals surface area contributed by atoms with E-state index in [1.807, 2.05) is 0 Å². The van der Waals surface area contributed by atoms with Crippen LogP contribution in [0, 0.1) is 11.5 Å². The van der Waals surface area contributed by atoms with Crippen LogP contribution in [0.5, 0.6) is 0 Å². The van der Waals surface area contributed by atoms with Crippen molar-refractivity contribution in [2.75, 3.05) is 0 Å². The van der Waals surface area contributed by atoms with E-state index in [0.29, 0.717) is 0 Å². The second-order valence-electron chi connectivity index (χ2n) is 0.602. The van der Waals surface area contributed by atoms with Crippen molar-refractivity contribution in [2.45, 2.75) is 0 Å². The summed E-state index contributed by atoms with van der Waals surface area (Å²) in [6.07, 6.45) is 0.770. The van der Waals surface area contributed by atoms with Gasteiger partial charge in [0.05, 0.1) is 0 Å². The molecular formula is CH2KNO4S. The summed E-state index contributed by atoms with van der Waals surface area (Å²) in [4.78, 5) is 0. The van der Waals surface area contributed by atoms with E-state index in [1.54, 1.807) is 0 Å². The van der Waals surface area contributed by atoms with Gasteiger partial charge in [-0.2, -0.15) is 8.42 Å². The molecule has 0 saturated carbocycles. The van der Waals surface area contributed by atoms with Gasteiger partial charge in [-0.05, 0) is 0 Å². The van der Waals surface area contributed by atoms with Gasteiger partial charge in [-0.3, -0.25) is 8.74 Å². The van der Waals surface area contributed by atoms with E-state index >= 15 is 0 Å². The van der Waals surface area contributed by atoms with Gasteiger partial charge in [0.15, 0.2) is 0 Å². The SMILES string of the molecule is N#COS(=O)(=O)O.[H-].[K+]. The van der Waals surface area contributed by atoms with Gasteiger partial charge < -0.3 is 1.43 Å². The Kier molecular flexibility index (Phi) is 6.81. The average Bonchev–Trinajstić information content (AvgIpc) is 1.30. The molecule has 5 nitrogen and oxygen atoms in total. The first-order chi connectivity index (χ1) is 3.06. The third-order valence-electron chi connectivity index (χ3n) is 0.143. The molecule has 0 radical (unpaired) electrons. The minimum Gasteiger partial charge on any atom is -1.00 e.